The fourth-order valence-electron chi connectivity index (χ4n) is 9.42. The van der Waals surface area contributed by atoms with Crippen LogP contribution in [0.1, 0.15) is 152 Å². The van der Waals surface area contributed by atoms with Crippen LogP contribution in [0.25, 0.3) is 33.4 Å². The monoisotopic (exact) mass is 1010 g/mol. The van der Waals surface area contributed by atoms with Crippen molar-refractivity contribution in [1.82, 2.24) is 4.90 Å². The van der Waals surface area contributed by atoms with E-state index in [2.05, 4.69) is 0 Å². The molecule has 0 aliphatic heterocycles. The van der Waals surface area contributed by atoms with Gasteiger partial charge in [0.2, 0.25) is 0 Å². The quantitative estimate of drug-likeness (QED) is 0.0987. The Bertz CT molecular complexity index is 2380. The lowest BCUT2D eigenvalue weighted by Crippen LogP contribution is -2.51. The molecule has 0 spiro atoms. The minimum atomic E-state index is -5.24. The molecule has 16 heteroatoms. The van der Waals surface area contributed by atoms with E-state index < -0.39 is 80.6 Å². The Labute approximate surface area is 405 Å². The second-order valence-corrected chi connectivity index (χ2v) is 20.2. The standard InChI is InChI=1S/C54H67F12NO3/c1-15-18-20-50(70-14,21-19-16-2)31(4)67(11)30-41-40(29-43(49(8,9)10)47(69-13)45(41)33-24-36(53(61,62)63)27-37(25-33)54(64,65)66)39-28-42(48(5,6)7)46(68-12)44(38(39)17-3)32-22-34(51(55,56)57)26-35(23-32)52(58,59)60/h22-29,31H,15-21,30H2,1-14H3/t31-/m0/s1. The molecule has 390 valence electrons. The van der Waals surface area contributed by atoms with Gasteiger partial charge in [-0.3, -0.25) is 4.90 Å². The molecule has 0 aliphatic rings. The Morgan fingerprint density at radius 2 is 0.829 bits per heavy atom. The highest BCUT2D eigenvalue weighted by molar-refractivity contribution is 5.91. The van der Waals surface area contributed by atoms with Crippen LogP contribution < -0.4 is 9.47 Å². The lowest BCUT2D eigenvalue weighted by Gasteiger charge is -2.43. The van der Waals surface area contributed by atoms with E-state index in [0.29, 0.717) is 48.2 Å². The van der Waals surface area contributed by atoms with Gasteiger partial charge in [0, 0.05) is 42.0 Å². The average molecular weight is 1010 g/mol. The maximum absolute atomic E-state index is 14.8. The highest BCUT2D eigenvalue weighted by Crippen LogP contribution is 2.53. The lowest BCUT2D eigenvalue weighted by atomic mass is 9.75. The van der Waals surface area contributed by atoms with Gasteiger partial charge < -0.3 is 14.2 Å². The fraction of sp³-hybridized carbons (Fsp3) is 0.556. The zero-order chi connectivity index (χ0) is 53.3. The number of benzene rings is 4. The number of rotatable bonds is 17. The molecule has 4 rings (SSSR count). The second-order valence-electron chi connectivity index (χ2n) is 20.2. The molecule has 0 saturated carbocycles. The number of halogens is 12. The number of ether oxygens (including phenoxy) is 3. The van der Waals surface area contributed by atoms with Crippen LogP contribution in [0.5, 0.6) is 11.5 Å². The molecule has 70 heavy (non-hydrogen) atoms. The molecule has 0 amide bonds. The third-order valence-electron chi connectivity index (χ3n) is 13.3. The summed E-state index contributed by atoms with van der Waals surface area (Å²) in [6, 6.07) is 5.58. The molecule has 0 unspecified atom stereocenters. The second kappa shape index (κ2) is 21.3. The zero-order valence-electron chi connectivity index (χ0n) is 42.6. The summed E-state index contributed by atoms with van der Waals surface area (Å²) in [5.74, 6) is -0.0349. The van der Waals surface area contributed by atoms with E-state index in [-0.39, 0.29) is 70.0 Å². The van der Waals surface area contributed by atoms with Crippen LogP contribution >= 0.6 is 0 Å². The van der Waals surface area contributed by atoms with Crippen LogP contribution in [0.2, 0.25) is 0 Å². The third-order valence-corrected chi connectivity index (χ3v) is 13.3. The van der Waals surface area contributed by atoms with Gasteiger partial charge in [-0.1, -0.05) is 88.0 Å². The van der Waals surface area contributed by atoms with Gasteiger partial charge >= 0.3 is 24.7 Å². The first-order valence-electron chi connectivity index (χ1n) is 23.4. The van der Waals surface area contributed by atoms with Gasteiger partial charge in [0.05, 0.1) is 42.1 Å². The first-order valence-corrected chi connectivity index (χ1v) is 23.4. The van der Waals surface area contributed by atoms with Gasteiger partial charge in [-0.15, -0.1) is 0 Å². The maximum Gasteiger partial charge on any atom is 0.416 e. The molecule has 4 aromatic rings. The smallest absolute Gasteiger partial charge is 0.416 e. The Balaban J connectivity index is 2.47. The van der Waals surface area contributed by atoms with Crippen LogP contribution in [-0.4, -0.2) is 44.9 Å². The third kappa shape index (κ3) is 12.6. The topological polar surface area (TPSA) is 30.9 Å². The van der Waals surface area contributed by atoms with Gasteiger partial charge in [-0.05, 0) is 126 Å². The molecule has 0 fully saturated rings. The fourth-order valence-corrected chi connectivity index (χ4v) is 9.42. The van der Waals surface area contributed by atoms with Crippen molar-refractivity contribution < 1.29 is 66.9 Å². The average Bonchev–Trinajstić information content (AvgIpc) is 3.25. The lowest BCUT2D eigenvalue weighted by molar-refractivity contribution is -0.144. The SMILES string of the molecule is CCCCC(CCCC)(OC)[C@H](C)N(C)Cc1c(-c2cc(C(C)(C)C)c(OC)c(-c3cc(C(F)(F)F)cc(C(F)(F)F)c3)c2CC)cc(C(C)(C)C)c(OC)c1-c1cc(C(F)(F)F)cc(C(F)(F)F)c1. The summed E-state index contributed by atoms with van der Waals surface area (Å²) in [6.45, 7) is 18.1. The number of hydrogen-bond donors (Lipinski definition) is 0. The van der Waals surface area contributed by atoms with E-state index in [1.165, 1.54) is 14.2 Å². The molecule has 0 bridgehead atoms. The molecule has 0 aromatic heterocycles. The van der Waals surface area contributed by atoms with Crippen LogP contribution in [0, 0.1) is 0 Å². The van der Waals surface area contributed by atoms with Gasteiger partial charge in [0.1, 0.15) is 11.5 Å². The first-order chi connectivity index (χ1) is 32.1. The van der Waals surface area contributed by atoms with E-state index in [9.17, 15) is 52.7 Å². The van der Waals surface area contributed by atoms with Crippen molar-refractivity contribution in [2.45, 2.75) is 168 Å². The summed E-state index contributed by atoms with van der Waals surface area (Å²) >= 11 is 0. The molecule has 4 aromatic carbocycles. The predicted molar refractivity (Wildman–Crippen MR) is 252 cm³/mol. The normalized spacial score (nSPS) is 13.9. The number of likely N-dealkylation sites (N-methyl/N-ethyl adjacent to an activating group) is 1. The number of unbranched alkanes of at least 4 members (excludes halogenated alkanes) is 2. The summed E-state index contributed by atoms with van der Waals surface area (Å²) in [5.41, 5.74) is -8.47. The van der Waals surface area contributed by atoms with Gasteiger partial charge in [0.25, 0.3) is 0 Å². The zero-order valence-corrected chi connectivity index (χ0v) is 42.6. The minimum Gasteiger partial charge on any atom is -0.496 e. The van der Waals surface area contributed by atoms with E-state index in [1.54, 1.807) is 74.8 Å². The molecular weight excluding hydrogens is 939 g/mol. The molecule has 1 atom stereocenters. The van der Waals surface area contributed by atoms with Crippen LogP contribution in [0.3, 0.4) is 0 Å². The van der Waals surface area contributed by atoms with Crippen molar-refractivity contribution in [1.29, 1.82) is 0 Å². The van der Waals surface area contributed by atoms with Crippen molar-refractivity contribution in [2.75, 3.05) is 28.4 Å². The first kappa shape index (κ1) is 58.1. The Morgan fingerprint density at radius 3 is 1.10 bits per heavy atom. The number of alkyl halides is 12. The largest absolute Gasteiger partial charge is 0.496 e. The number of hydrogen-bond acceptors (Lipinski definition) is 4. The van der Waals surface area contributed by atoms with Crippen molar-refractivity contribution >= 4 is 0 Å². The van der Waals surface area contributed by atoms with Gasteiger partial charge in [-0.2, -0.15) is 52.7 Å². The summed E-state index contributed by atoms with van der Waals surface area (Å²) in [6.07, 6.45) is -16.5. The summed E-state index contributed by atoms with van der Waals surface area (Å²) < 4.78 is 195. The Hall–Kier alpha value is -4.44. The van der Waals surface area contributed by atoms with Gasteiger partial charge in [-0.25, -0.2) is 0 Å². The van der Waals surface area contributed by atoms with Crippen LogP contribution in [0.15, 0.2) is 48.5 Å². The maximum atomic E-state index is 14.8. The molecule has 0 aliphatic carbocycles. The summed E-state index contributed by atoms with van der Waals surface area (Å²) in [5, 5.41) is 0. The minimum absolute atomic E-state index is 0.0120. The highest BCUT2D eigenvalue weighted by Gasteiger charge is 2.42. The van der Waals surface area contributed by atoms with E-state index in [0.717, 1.165) is 25.7 Å². The van der Waals surface area contributed by atoms with Crippen molar-refractivity contribution in [3.63, 3.8) is 0 Å². The molecule has 4 nitrogen and oxygen atoms in total. The number of nitrogens with zero attached hydrogens (tertiary/aromatic N) is 1. The van der Waals surface area contributed by atoms with Crippen molar-refractivity contribution in [2.24, 2.45) is 0 Å². The van der Waals surface area contributed by atoms with Crippen molar-refractivity contribution in [3.05, 3.63) is 93.0 Å². The summed E-state index contributed by atoms with van der Waals surface area (Å²) in [7, 11) is 5.89. The van der Waals surface area contributed by atoms with Crippen molar-refractivity contribution in [3.8, 4) is 44.9 Å². The van der Waals surface area contributed by atoms with Crippen LogP contribution in [0.4, 0.5) is 52.7 Å². The Kier molecular flexibility index (Phi) is 17.7. The van der Waals surface area contributed by atoms with Crippen LogP contribution in [-0.2, 0) is 53.2 Å². The molecule has 0 heterocycles. The highest BCUT2D eigenvalue weighted by atomic mass is 19.4. The molecule has 0 saturated heterocycles. The predicted octanol–water partition coefficient (Wildman–Crippen LogP) is 17.5. The molecule has 0 N–H and O–H groups in total. The number of methoxy groups -OCH3 is 3. The van der Waals surface area contributed by atoms with Gasteiger partial charge in [0.15, 0.2) is 0 Å². The molecule has 0 radical (unpaired) electrons. The summed E-state index contributed by atoms with van der Waals surface area (Å²) in [4.78, 5) is 1.91. The van der Waals surface area contributed by atoms with E-state index >= 15 is 0 Å². The van der Waals surface area contributed by atoms with E-state index in [1.807, 2.05) is 25.7 Å². The molecular formula is C54H67F12NO3. The Morgan fingerprint density at radius 1 is 0.500 bits per heavy atom. The van der Waals surface area contributed by atoms with E-state index in [4.69, 9.17) is 14.2 Å².